The first-order chi connectivity index (χ1) is 9.11. The lowest BCUT2D eigenvalue weighted by Crippen LogP contribution is -2.35. The van der Waals surface area contributed by atoms with Crippen LogP contribution in [0.2, 0.25) is 0 Å². The third-order valence-electron chi connectivity index (χ3n) is 3.23. The number of carbonyl (C=O) groups excluding carboxylic acids is 1. The number of benzene rings is 1. The van der Waals surface area contributed by atoms with Crippen molar-refractivity contribution in [1.29, 1.82) is 5.26 Å². The van der Waals surface area contributed by atoms with Crippen molar-refractivity contribution in [3.63, 3.8) is 0 Å². The van der Waals surface area contributed by atoms with Crippen LogP contribution in [0, 0.1) is 17.2 Å². The van der Waals surface area contributed by atoms with Gasteiger partial charge in [0.05, 0.1) is 18.1 Å². The van der Waals surface area contributed by atoms with Crippen LogP contribution in [0.1, 0.15) is 31.9 Å². The van der Waals surface area contributed by atoms with E-state index in [-0.39, 0.29) is 24.0 Å². The Labute approximate surface area is 113 Å². The second kappa shape index (κ2) is 5.85. The van der Waals surface area contributed by atoms with Gasteiger partial charge >= 0.3 is 5.97 Å². The largest absolute Gasteiger partial charge is 0.462 e. The van der Waals surface area contributed by atoms with Crippen molar-refractivity contribution in [2.45, 2.75) is 38.5 Å². The minimum absolute atomic E-state index is 0.101. The van der Waals surface area contributed by atoms with Crippen LogP contribution in [0.3, 0.4) is 0 Å². The van der Waals surface area contributed by atoms with Crippen molar-refractivity contribution >= 4 is 5.97 Å². The average Bonchev–Trinajstić information content (AvgIpc) is 2.83. The summed E-state index contributed by atoms with van der Waals surface area (Å²) in [6.45, 7) is 3.65. The fraction of sp³-hybridized carbons (Fsp3) is 0.467. The number of nitrogens with zero attached hydrogens (tertiary/aromatic N) is 1. The van der Waals surface area contributed by atoms with Crippen molar-refractivity contribution in [1.82, 2.24) is 5.32 Å². The second-order valence-corrected chi connectivity index (χ2v) is 5.06. The fourth-order valence-electron chi connectivity index (χ4n) is 2.39. The topological polar surface area (TPSA) is 62.1 Å². The van der Waals surface area contributed by atoms with E-state index in [9.17, 15) is 10.1 Å². The summed E-state index contributed by atoms with van der Waals surface area (Å²) in [5.74, 6) is -0.471. The molecule has 1 aromatic carbocycles. The predicted octanol–water partition coefficient (Wildman–Crippen LogP) is 2.18. The first-order valence-electron chi connectivity index (χ1n) is 6.53. The van der Waals surface area contributed by atoms with E-state index in [0.717, 1.165) is 5.56 Å². The molecule has 1 heterocycles. The van der Waals surface area contributed by atoms with Crippen molar-refractivity contribution in [2.24, 2.45) is 5.92 Å². The molecule has 0 aromatic heterocycles. The number of carbonyl (C=O) groups is 1. The molecule has 1 saturated heterocycles. The standard InChI is InChI=1S/C15H18N2O2/c1-10(2)19-15(18)13-8-12(9-16)14(17-13)11-6-4-3-5-7-11/h3-7,10,12-14,17H,8H2,1-2H3/t12-,13-,14+/m1/s1. The Morgan fingerprint density at radius 3 is 2.68 bits per heavy atom. The van der Waals surface area contributed by atoms with E-state index in [1.807, 2.05) is 44.2 Å². The van der Waals surface area contributed by atoms with Gasteiger partial charge in [0.15, 0.2) is 0 Å². The maximum atomic E-state index is 11.9. The lowest BCUT2D eigenvalue weighted by Gasteiger charge is -2.16. The number of hydrogen-bond acceptors (Lipinski definition) is 4. The highest BCUT2D eigenvalue weighted by atomic mass is 16.5. The summed E-state index contributed by atoms with van der Waals surface area (Å²) < 4.78 is 5.20. The Morgan fingerprint density at radius 1 is 1.42 bits per heavy atom. The summed E-state index contributed by atoms with van der Waals surface area (Å²) in [7, 11) is 0. The maximum absolute atomic E-state index is 11.9. The smallest absolute Gasteiger partial charge is 0.323 e. The molecule has 1 aliphatic rings. The fourth-order valence-corrected chi connectivity index (χ4v) is 2.39. The highest BCUT2D eigenvalue weighted by Gasteiger charge is 2.39. The van der Waals surface area contributed by atoms with Gasteiger partial charge in [0.2, 0.25) is 0 Å². The molecule has 1 N–H and O–H groups in total. The van der Waals surface area contributed by atoms with Gasteiger partial charge in [-0.2, -0.15) is 5.26 Å². The van der Waals surface area contributed by atoms with E-state index in [4.69, 9.17) is 4.74 Å². The van der Waals surface area contributed by atoms with E-state index in [1.54, 1.807) is 0 Å². The Balaban J connectivity index is 2.11. The zero-order chi connectivity index (χ0) is 13.8. The zero-order valence-corrected chi connectivity index (χ0v) is 11.2. The van der Waals surface area contributed by atoms with E-state index in [2.05, 4.69) is 11.4 Å². The molecular weight excluding hydrogens is 240 g/mol. The zero-order valence-electron chi connectivity index (χ0n) is 11.2. The minimum Gasteiger partial charge on any atom is -0.462 e. The number of nitrogens with one attached hydrogen (secondary N) is 1. The van der Waals surface area contributed by atoms with E-state index >= 15 is 0 Å². The molecule has 0 spiro atoms. The van der Waals surface area contributed by atoms with Crippen LogP contribution in [0.15, 0.2) is 30.3 Å². The third-order valence-corrected chi connectivity index (χ3v) is 3.23. The number of hydrogen-bond donors (Lipinski definition) is 1. The summed E-state index contributed by atoms with van der Waals surface area (Å²) in [6.07, 6.45) is 0.368. The third kappa shape index (κ3) is 3.12. The molecule has 2 rings (SSSR count). The van der Waals surface area contributed by atoms with Crippen molar-refractivity contribution in [2.75, 3.05) is 0 Å². The molecular formula is C15H18N2O2. The molecule has 0 bridgehead atoms. The monoisotopic (exact) mass is 258 g/mol. The SMILES string of the molecule is CC(C)OC(=O)[C@H]1C[C@H](C#N)[C@H](c2ccccc2)N1. The molecule has 0 saturated carbocycles. The normalized spacial score (nSPS) is 26.1. The minimum atomic E-state index is -0.391. The average molecular weight is 258 g/mol. The van der Waals surface area contributed by atoms with Gasteiger partial charge in [0.25, 0.3) is 0 Å². The summed E-state index contributed by atoms with van der Waals surface area (Å²) in [6, 6.07) is 11.5. The number of nitriles is 1. The Bertz CT molecular complexity index is 479. The highest BCUT2D eigenvalue weighted by molar-refractivity contribution is 5.76. The summed E-state index contributed by atoms with van der Waals surface area (Å²) >= 11 is 0. The quantitative estimate of drug-likeness (QED) is 0.844. The molecule has 0 unspecified atom stereocenters. The van der Waals surface area contributed by atoms with Crippen LogP contribution in [0.5, 0.6) is 0 Å². The van der Waals surface area contributed by atoms with Crippen LogP contribution in [-0.2, 0) is 9.53 Å². The highest BCUT2D eigenvalue weighted by Crippen LogP contribution is 2.32. The first-order valence-corrected chi connectivity index (χ1v) is 6.53. The molecule has 0 aliphatic carbocycles. The molecule has 4 heteroatoms. The summed E-state index contributed by atoms with van der Waals surface area (Å²) in [5, 5.41) is 12.5. The Kier molecular flexibility index (Phi) is 4.18. The Morgan fingerprint density at radius 2 is 2.11 bits per heavy atom. The van der Waals surface area contributed by atoms with Crippen molar-refractivity contribution < 1.29 is 9.53 Å². The summed E-state index contributed by atoms with van der Waals surface area (Å²) in [4.78, 5) is 11.9. The molecule has 1 fully saturated rings. The van der Waals surface area contributed by atoms with Gasteiger partial charge < -0.3 is 4.74 Å². The van der Waals surface area contributed by atoms with Gasteiger partial charge in [-0.05, 0) is 25.8 Å². The molecule has 100 valence electrons. The second-order valence-electron chi connectivity index (χ2n) is 5.06. The molecule has 0 radical (unpaired) electrons. The molecule has 4 nitrogen and oxygen atoms in total. The summed E-state index contributed by atoms with van der Waals surface area (Å²) in [5.41, 5.74) is 1.04. The van der Waals surface area contributed by atoms with Gasteiger partial charge in [0.1, 0.15) is 6.04 Å². The van der Waals surface area contributed by atoms with Gasteiger partial charge in [-0.25, -0.2) is 0 Å². The van der Waals surface area contributed by atoms with Gasteiger partial charge in [-0.3, -0.25) is 10.1 Å². The van der Waals surface area contributed by atoms with Gasteiger partial charge in [-0.1, -0.05) is 30.3 Å². The first kappa shape index (κ1) is 13.6. The van der Waals surface area contributed by atoms with Crippen molar-refractivity contribution in [3.8, 4) is 6.07 Å². The van der Waals surface area contributed by atoms with Crippen LogP contribution in [0.25, 0.3) is 0 Å². The van der Waals surface area contributed by atoms with E-state index in [1.165, 1.54) is 0 Å². The van der Waals surface area contributed by atoms with E-state index < -0.39 is 6.04 Å². The molecule has 3 atom stereocenters. The molecule has 1 aliphatic heterocycles. The van der Waals surface area contributed by atoms with E-state index in [0.29, 0.717) is 6.42 Å². The number of rotatable bonds is 3. The molecule has 1 aromatic rings. The van der Waals surface area contributed by atoms with Crippen LogP contribution in [-0.4, -0.2) is 18.1 Å². The lowest BCUT2D eigenvalue weighted by atomic mass is 9.95. The van der Waals surface area contributed by atoms with Gasteiger partial charge in [-0.15, -0.1) is 0 Å². The number of ether oxygens (including phenoxy) is 1. The van der Waals surface area contributed by atoms with Crippen LogP contribution < -0.4 is 5.32 Å². The van der Waals surface area contributed by atoms with Crippen LogP contribution in [0.4, 0.5) is 0 Å². The lowest BCUT2D eigenvalue weighted by molar-refractivity contribution is -0.149. The number of esters is 1. The van der Waals surface area contributed by atoms with Crippen molar-refractivity contribution in [3.05, 3.63) is 35.9 Å². The molecule has 19 heavy (non-hydrogen) atoms. The Hall–Kier alpha value is -1.86. The predicted molar refractivity (Wildman–Crippen MR) is 71.1 cm³/mol. The molecule has 0 amide bonds. The van der Waals surface area contributed by atoms with Crippen LogP contribution >= 0.6 is 0 Å². The van der Waals surface area contributed by atoms with Gasteiger partial charge in [0, 0.05) is 6.04 Å². The maximum Gasteiger partial charge on any atom is 0.323 e.